The maximum absolute atomic E-state index is 5.24. The minimum atomic E-state index is 0. The van der Waals surface area contributed by atoms with Crippen molar-refractivity contribution in [1.82, 2.24) is 10.2 Å². The van der Waals surface area contributed by atoms with Gasteiger partial charge < -0.3 is 38.1 Å². The van der Waals surface area contributed by atoms with E-state index in [0.29, 0.717) is 0 Å². The first kappa shape index (κ1) is 21.1. The molecular formula is C15H28N4OU. The van der Waals surface area contributed by atoms with Crippen LogP contribution in [0.2, 0.25) is 0 Å². The summed E-state index contributed by atoms with van der Waals surface area (Å²) < 4.78 is 5.24. The number of morpholine rings is 1. The maximum atomic E-state index is 5.24. The van der Waals surface area contributed by atoms with Gasteiger partial charge in [0, 0.05) is 25.2 Å². The fourth-order valence-corrected chi connectivity index (χ4v) is 1.78. The molecule has 0 saturated carbocycles. The third-order valence-corrected chi connectivity index (χ3v) is 2.80. The fraction of sp³-hybridized carbons (Fsp3) is 0.800. The molecule has 0 bridgehead atoms. The van der Waals surface area contributed by atoms with E-state index in [1.54, 1.807) is 0 Å². The van der Waals surface area contributed by atoms with Crippen molar-refractivity contribution in [3.05, 3.63) is 6.92 Å². The quantitative estimate of drug-likeness (QED) is 0.561. The number of hydrogen-bond donors (Lipinski definition) is 1. The Hall–Kier alpha value is 0.112. The van der Waals surface area contributed by atoms with Gasteiger partial charge in [0.15, 0.2) is 0 Å². The first-order valence-electron chi connectivity index (χ1n) is 7.37. The van der Waals surface area contributed by atoms with Crippen LogP contribution in [0.3, 0.4) is 0 Å². The van der Waals surface area contributed by atoms with Crippen LogP contribution in [0.1, 0.15) is 27.2 Å². The van der Waals surface area contributed by atoms with E-state index in [1.165, 1.54) is 0 Å². The molecular weight excluding hydrogens is 490 g/mol. The van der Waals surface area contributed by atoms with Gasteiger partial charge in [-0.25, -0.2) is 0 Å². The first-order valence-corrected chi connectivity index (χ1v) is 7.37. The predicted octanol–water partition coefficient (Wildman–Crippen LogP) is 1.28. The zero-order valence-electron chi connectivity index (χ0n) is 13.6. The Kier molecular flexibility index (Phi) is 11.7. The molecule has 2 heterocycles. The normalized spacial score (nSPS) is 18.3. The Morgan fingerprint density at radius 1 is 1.29 bits per heavy atom. The van der Waals surface area contributed by atoms with Crippen LogP contribution >= 0.6 is 0 Å². The summed E-state index contributed by atoms with van der Waals surface area (Å²) in [4.78, 5) is 10.6. The summed E-state index contributed by atoms with van der Waals surface area (Å²) in [6.07, 6.45) is 3.90. The molecule has 0 aromatic carbocycles. The van der Waals surface area contributed by atoms with Gasteiger partial charge in [-0.15, -0.1) is 0 Å². The van der Waals surface area contributed by atoms with Crippen LogP contribution in [-0.2, 0) is 4.74 Å². The molecule has 0 amide bonds. The number of aliphatic imine (C=N–C) groups is 2. The van der Waals surface area contributed by atoms with E-state index >= 15 is 0 Å². The Labute approximate surface area is 153 Å². The summed E-state index contributed by atoms with van der Waals surface area (Å²) in [5, 5.41) is 3.31. The first-order chi connectivity index (χ1) is 9.53. The standard InChI is InChI=1S/C8H12N3O.C7H16N.U/c1-2-10-8(7-9-1)11-3-5-12-6-4-11;1-5-6-8-7(2,3)4;/h1-6H2;8H,1,5-6H2,2-4H3;/q2*-1;+2. The van der Waals surface area contributed by atoms with E-state index in [2.05, 4.69) is 54.1 Å². The summed E-state index contributed by atoms with van der Waals surface area (Å²) in [6, 6.07) is 0. The van der Waals surface area contributed by atoms with Crippen molar-refractivity contribution in [2.24, 2.45) is 9.98 Å². The van der Waals surface area contributed by atoms with Gasteiger partial charge in [-0.05, 0) is 33.2 Å². The molecule has 2 aliphatic rings. The van der Waals surface area contributed by atoms with E-state index < -0.39 is 0 Å². The number of hydrogen-bond acceptors (Lipinski definition) is 5. The second-order valence-electron chi connectivity index (χ2n) is 5.83. The molecule has 0 unspecified atom stereocenters. The zero-order chi connectivity index (χ0) is 14.8. The summed E-state index contributed by atoms with van der Waals surface area (Å²) in [5.74, 6) is 0.907. The number of nitrogens with one attached hydrogen (secondary N) is 1. The molecule has 21 heavy (non-hydrogen) atoms. The molecule has 0 aromatic heterocycles. The molecule has 0 radical (unpaired) electrons. The van der Waals surface area contributed by atoms with Gasteiger partial charge >= 0.3 is 31.1 Å². The van der Waals surface area contributed by atoms with Crippen molar-refractivity contribution < 1.29 is 35.9 Å². The average molecular weight is 518 g/mol. The van der Waals surface area contributed by atoms with Crippen LogP contribution in [0.15, 0.2) is 9.98 Å². The molecule has 0 atom stereocenters. The molecule has 1 fully saturated rings. The van der Waals surface area contributed by atoms with E-state index in [4.69, 9.17) is 4.74 Å². The molecule has 118 valence electrons. The van der Waals surface area contributed by atoms with Crippen molar-refractivity contribution in [2.45, 2.75) is 32.7 Å². The minimum Gasteiger partial charge on any atom is -0.494 e. The molecule has 2 aliphatic heterocycles. The topological polar surface area (TPSA) is 49.2 Å². The SMILES string of the molecule is [C-]1=NCCN=C1N1CCOCC1.[CH2-]CCNC(C)(C)C.[U+2]. The molecule has 1 saturated heterocycles. The third kappa shape index (κ3) is 10.5. The summed E-state index contributed by atoms with van der Waals surface area (Å²) in [7, 11) is 0. The van der Waals surface area contributed by atoms with E-state index in [9.17, 15) is 0 Å². The molecule has 5 nitrogen and oxygen atoms in total. The second kappa shape index (κ2) is 11.6. The Morgan fingerprint density at radius 2 is 1.95 bits per heavy atom. The van der Waals surface area contributed by atoms with Gasteiger partial charge in [-0.2, -0.15) is 6.42 Å². The van der Waals surface area contributed by atoms with Gasteiger partial charge in [0.1, 0.15) is 0 Å². The van der Waals surface area contributed by atoms with Gasteiger partial charge in [0.2, 0.25) is 0 Å². The van der Waals surface area contributed by atoms with Crippen molar-refractivity contribution in [3.63, 3.8) is 0 Å². The predicted molar refractivity (Wildman–Crippen MR) is 84.7 cm³/mol. The summed E-state index contributed by atoms with van der Waals surface area (Å²) in [6.45, 7) is 16.2. The minimum absolute atomic E-state index is 0. The molecule has 2 rings (SSSR count). The Bertz CT molecular complexity index is 320. The van der Waals surface area contributed by atoms with E-state index in [0.717, 1.165) is 58.2 Å². The number of rotatable bonds is 2. The second-order valence-corrected chi connectivity index (χ2v) is 5.83. The Morgan fingerprint density at radius 3 is 2.38 bits per heavy atom. The van der Waals surface area contributed by atoms with Crippen molar-refractivity contribution in [2.75, 3.05) is 45.9 Å². The van der Waals surface area contributed by atoms with Crippen molar-refractivity contribution in [1.29, 1.82) is 0 Å². The summed E-state index contributed by atoms with van der Waals surface area (Å²) in [5.41, 5.74) is 0.262. The molecule has 1 N–H and O–H groups in total. The van der Waals surface area contributed by atoms with Gasteiger partial charge in [0.25, 0.3) is 0 Å². The third-order valence-electron chi connectivity index (χ3n) is 2.80. The number of amidine groups is 1. The van der Waals surface area contributed by atoms with Crippen LogP contribution < -0.4 is 5.32 Å². The smallest absolute Gasteiger partial charge is 0.494 e. The van der Waals surface area contributed by atoms with E-state index in [1.807, 2.05) is 0 Å². The molecule has 6 heteroatoms. The van der Waals surface area contributed by atoms with Crippen molar-refractivity contribution >= 4 is 12.1 Å². The maximum Gasteiger partial charge on any atom is 2.00 e. The van der Waals surface area contributed by atoms with Gasteiger partial charge in [0.05, 0.1) is 19.8 Å². The number of nitrogens with zero attached hydrogens (tertiary/aromatic N) is 3. The zero-order valence-corrected chi connectivity index (χ0v) is 17.8. The van der Waals surface area contributed by atoms with Gasteiger partial charge in [-0.3, -0.25) is 0 Å². The van der Waals surface area contributed by atoms with Crippen LogP contribution in [-0.4, -0.2) is 68.4 Å². The van der Waals surface area contributed by atoms with E-state index in [-0.39, 0.29) is 36.7 Å². The molecule has 0 aliphatic carbocycles. The van der Waals surface area contributed by atoms with Crippen LogP contribution in [0, 0.1) is 38.0 Å². The number of ether oxygens (including phenoxy) is 1. The van der Waals surface area contributed by atoms with Crippen LogP contribution in [0.25, 0.3) is 0 Å². The summed E-state index contributed by atoms with van der Waals surface area (Å²) >= 11 is 0. The largest absolute Gasteiger partial charge is 2.00 e. The monoisotopic (exact) mass is 518 g/mol. The molecule has 0 spiro atoms. The van der Waals surface area contributed by atoms with Crippen molar-refractivity contribution in [3.8, 4) is 0 Å². The van der Waals surface area contributed by atoms with Crippen LogP contribution in [0.4, 0.5) is 0 Å². The fourth-order valence-electron chi connectivity index (χ4n) is 1.78. The van der Waals surface area contributed by atoms with Gasteiger partial charge in [-0.1, -0.05) is 0 Å². The van der Waals surface area contributed by atoms with Crippen LogP contribution in [0.5, 0.6) is 0 Å². The Balaban J connectivity index is 0.000000397. The molecule has 0 aromatic rings. The average Bonchev–Trinajstić information content (AvgIpc) is 2.47.